The second kappa shape index (κ2) is 7.90. The third kappa shape index (κ3) is 5.51. The number of hydrogen-bond acceptors (Lipinski definition) is 4. The first kappa shape index (κ1) is 17.2. The van der Waals surface area contributed by atoms with Crippen LogP contribution in [0.5, 0.6) is 0 Å². The number of hydrogen-bond donors (Lipinski definition) is 1. The quantitative estimate of drug-likeness (QED) is 0.850. The summed E-state index contributed by atoms with van der Waals surface area (Å²) >= 11 is 0. The first-order valence-corrected chi connectivity index (χ1v) is 8.11. The first-order valence-electron chi connectivity index (χ1n) is 8.11. The minimum Gasteiger partial charge on any atom is -0.350 e. The van der Waals surface area contributed by atoms with Crippen LogP contribution in [-0.2, 0) is 17.6 Å². The van der Waals surface area contributed by atoms with Gasteiger partial charge < -0.3 is 9.84 Å². The highest BCUT2D eigenvalue weighted by Crippen LogP contribution is 2.16. The molecule has 23 heavy (non-hydrogen) atoms. The van der Waals surface area contributed by atoms with Crippen molar-refractivity contribution in [2.24, 2.45) is 5.92 Å². The molecule has 5 nitrogen and oxygen atoms in total. The van der Waals surface area contributed by atoms with E-state index in [-0.39, 0.29) is 11.9 Å². The summed E-state index contributed by atoms with van der Waals surface area (Å²) in [6.45, 7) is 8.17. The Bertz CT molecular complexity index is 632. The van der Waals surface area contributed by atoms with Crippen LogP contribution in [0.2, 0.25) is 0 Å². The molecule has 1 aromatic carbocycles. The summed E-state index contributed by atoms with van der Waals surface area (Å²) < 4.78 is 5.01. The van der Waals surface area contributed by atoms with Crippen LogP contribution < -0.4 is 5.32 Å². The molecule has 5 heteroatoms. The van der Waals surface area contributed by atoms with Gasteiger partial charge in [-0.3, -0.25) is 4.79 Å². The van der Waals surface area contributed by atoms with Crippen molar-refractivity contribution in [3.8, 4) is 0 Å². The SMILES string of the molecule is Cc1noc(CCC(=O)NC(C)c2ccc(CC(C)C)cc2)n1. The van der Waals surface area contributed by atoms with Crippen molar-refractivity contribution in [1.29, 1.82) is 0 Å². The predicted molar refractivity (Wildman–Crippen MR) is 88.9 cm³/mol. The van der Waals surface area contributed by atoms with Gasteiger partial charge in [0.05, 0.1) is 6.04 Å². The molecule has 2 rings (SSSR count). The summed E-state index contributed by atoms with van der Waals surface area (Å²) in [6, 6.07) is 8.44. The number of amides is 1. The molecule has 124 valence electrons. The number of carbonyl (C=O) groups excluding carboxylic acids is 1. The summed E-state index contributed by atoms with van der Waals surface area (Å²) in [6.07, 6.45) is 1.88. The summed E-state index contributed by atoms with van der Waals surface area (Å²) in [7, 11) is 0. The number of benzene rings is 1. The zero-order valence-corrected chi connectivity index (χ0v) is 14.3. The lowest BCUT2D eigenvalue weighted by molar-refractivity contribution is -0.121. The Hall–Kier alpha value is -2.17. The monoisotopic (exact) mass is 315 g/mol. The van der Waals surface area contributed by atoms with E-state index in [9.17, 15) is 4.79 Å². The molecule has 0 saturated carbocycles. The molecule has 0 radical (unpaired) electrons. The second-order valence-corrected chi connectivity index (χ2v) is 6.36. The van der Waals surface area contributed by atoms with Crippen molar-refractivity contribution in [3.05, 3.63) is 47.1 Å². The van der Waals surface area contributed by atoms with Gasteiger partial charge in [0.1, 0.15) is 0 Å². The molecule has 0 spiro atoms. The van der Waals surface area contributed by atoms with Gasteiger partial charge in [0, 0.05) is 12.8 Å². The summed E-state index contributed by atoms with van der Waals surface area (Å²) in [5, 5.41) is 6.72. The summed E-state index contributed by atoms with van der Waals surface area (Å²) in [5.41, 5.74) is 2.44. The number of aromatic nitrogens is 2. The van der Waals surface area contributed by atoms with Crippen molar-refractivity contribution in [2.75, 3.05) is 0 Å². The molecule has 1 aromatic heterocycles. The molecule has 0 bridgehead atoms. The van der Waals surface area contributed by atoms with Crippen molar-refractivity contribution >= 4 is 5.91 Å². The molecule has 0 aliphatic carbocycles. The molecule has 0 aliphatic rings. The van der Waals surface area contributed by atoms with Crippen LogP contribution >= 0.6 is 0 Å². The van der Waals surface area contributed by atoms with E-state index < -0.39 is 0 Å². The standard InChI is InChI=1S/C18H25N3O2/c1-12(2)11-15-5-7-16(8-6-15)13(3)19-17(22)9-10-18-20-14(4)21-23-18/h5-8,12-13H,9-11H2,1-4H3,(H,19,22). The highest BCUT2D eigenvalue weighted by molar-refractivity contribution is 5.76. The van der Waals surface area contributed by atoms with E-state index in [2.05, 4.69) is 53.6 Å². The topological polar surface area (TPSA) is 68.0 Å². The molecule has 1 heterocycles. The minimum atomic E-state index is -0.0142. The Balaban J connectivity index is 1.83. The van der Waals surface area contributed by atoms with E-state index in [1.807, 2.05) is 6.92 Å². The third-order valence-corrected chi connectivity index (χ3v) is 3.64. The van der Waals surface area contributed by atoms with E-state index in [1.165, 1.54) is 5.56 Å². The molecule has 1 atom stereocenters. The van der Waals surface area contributed by atoms with Gasteiger partial charge in [-0.2, -0.15) is 4.98 Å². The number of nitrogens with one attached hydrogen (secondary N) is 1. The average Bonchev–Trinajstić information content (AvgIpc) is 2.91. The van der Waals surface area contributed by atoms with E-state index in [0.29, 0.717) is 30.5 Å². The van der Waals surface area contributed by atoms with Gasteiger partial charge in [0.15, 0.2) is 5.82 Å². The van der Waals surface area contributed by atoms with Gasteiger partial charge in [-0.05, 0) is 37.3 Å². The molecular weight excluding hydrogens is 290 g/mol. The molecular formula is C18H25N3O2. The molecule has 1 N–H and O–H groups in total. The van der Waals surface area contributed by atoms with E-state index in [4.69, 9.17) is 4.52 Å². The highest BCUT2D eigenvalue weighted by atomic mass is 16.5. The van der Waals surface area contributed by atoms with E-state index >= 15 is 0 Å². The summed E-state index contributed by atoms with van der Waals surface area (Å²) in [4.78, 5) is 16.1. The Morgan fingerprint density at radius 1 is 1.22 bits per heavy atom. The lowest BCUT2D eigenvalue weighted by Crippen LogP contribution is -2.26. The van der Waals surface area contributed by atoms with Crippen LogP contribution in [-0.4, -0.2) is 16.0 Å². The Labute approximate surface area is 137 Å². The van der Waals surface area contributed by atoms with Crippen molar-refractivity contribution in [3.63, 3.8) is 0 Å². The van der Waals surface area contributed by atoms with E-state index in [1.54, 1.807) is 6.92 Å². The van der Waals surface area contributed by atoms with Gasteiger partial charge in [0.25, 0.3) is 0 Å². The van der Waals surface area contributed by atoms with E-state index in [0.717, 1.165) is 12.0 Å². The highest BCUT2D eigenvalue weighted by Gasteiger charge is 2.11. The largest absolute Gasteiger partial charge is 0.350 e. The van der Waals surface area contributed by atoms with Crippen molar-refractivity contribution in [1.82, 2.24) is 15.5 Å². The number of nitrogens with zero attached hydrogens (tertiary/aromatic N) is 2. The fraction of sp³-hybridized carbons (Fsp3) is 0.500. The molecule has 1 unspecified atom stereocenters. The van der Waals surface area contributed by atoms with Gasteiger partial charge in [-0.25, -0.2) is 0 Å². The van der Waals surface area contributed by atoms with Crippen LogP contribution in [0.25, 0.3) is 0 Å². The lowest BCUT2D eigenvalue weighted by atomic mass is 10.00. The molecule has 1 amide bonds. The maximum Gasteiger partial charge on any atom is 0.227 e. The zero-order valence-electron chi connectivity index (χ0n) is 14.3. The van der Waals surface area contributed by atoms with Crippen molar-refractivity contribution < 1.29 is 9.32 Å². The maximum absolute atomic E-state index is 12.0. The van der Waals surface area contributed by atoms with Gasteiger partial charge >= 0.3 is 0 Å². The number of rotatable bonds is 7. The lowest BCUT2D eigenvalue weighted by Gasteiger charge is -2.15. The number of carbonyl (C=O) groups is 1. The fourth-order valence-corrected chi connectivity index (χ4v) is 2.47. The van der Waals surface area contributed by atoms with Gasteiger partial charge in [-0.1, -0.05) is 43.3 Å². The molecule has 0 fully saturated rings. The van der Waals surface area contributed by atoms with Crippen LogP contribution in [0.3, 0.4) is 0 Å². The predicted octanol–water partition coefficient (Wildman–Crippen LogP) is 3.39. The Morgan fingerprint density at radius 2 is 1.91 bits per heavy atom. The molecule has 2 aromatic rings. The average molecular weight is 315 g/mol. The van der Waals surface area contributed by atoms with Crippen LogP contribution in [0.1, 0.15) is 56.1 Å². The Morgan fingerprint density at radius 3 is 2.48 bits per heavy atom. The second-order valence-electron chi connectivity index (χ2n) is 6.36. The molecule has 0 saturated heterocycles. The minimum absolute atomic E-state index is 0.0139. The zero-order chi connectivity index (χ0) is 16.8. The van der Waals surface area contributed by atoms with Gasteiger partial charge in [0.2, 0.25) is 11.8 Å². The van der Waals surface area contributed by atoms with Crippen molar-refractivity contribution in [2.45, 2.75) is 53.0 Å². The fourth-order valence-electron chi connectivity index (χ4n) is 2.47. The third-order valence-electron chi connectivity index (χ3n) is 3.64. The summed E-state index contributed by atoms with van der Waals surface area (Å²) in [5.74, 6) is 1.73. The van der Waals surface area contributed by atoms with Crippen LogP contribution in [0.15, 0.2) is 28.8 Å². The maximum atomic E-state index is 12.0. The van der Waals surface area contributed by atoms with Crippen LogP contribution in [0, 0.1) is 12.8 Å². The van der Waals surface area contributed by atoms with Gasteiger partial charge in [-0.15, -0.1) is 0 Å². The Kier molecular flexibility index (Phi) is 5.90. The smallest absolute Gasteiger partial charge is 0.227 e. The number of aryl methyl sites for hydroxylation is 2. The first-order chi connectivity index (χ1) is 10.9. The molecule has 0 aliphatic heterocycles. The van der Waals surface area contributed by atoms with Crippen LogP contribution in [0.4, 0.5) is 0 Å². The normalized spacial score (nSPS) is 12.4.